The second kappa shape index (κ2) is 2.96. The van der Waals surface area contributed by atoms with Crippen molar-refractivity contribution in [2.75, 3.05) is 0 Å². The van der Waals surface area contributed by atoms with Gasteiger partial charge < -0.3 is 0 Å². The van der Waals surface area contributed by atoms with Crippen LogP contribution in [-0.4, -0.2) is 5.78 Å². The molecule has 0 aromatic rings. The largest absolute Gasteiger partial charge is 0.294 e. The van der Waals surface area contributed by atoms with E-state index in [1.54, 1.807) is 0 Å². The Kier molecular flexibility index (Phi) is 2.15. The van der Waals surface area contributed by atoms with Gasteiger partial charge in [-0.05, 0) is 43.1 Å². The number of hydrogen-bond acceptors (Lipinski definition) is 1. The minimum absolute atomic E-state index is 0.126. The van der Waals surface area contributed by atoms with Crippen molar-refractivity contribution >= 4 is 5.78 Å². The molecule has 0 heterocycles. The van der Waals surface area contributed by atoms with Crippen LogP contribution in [0.3, 0.4) is 0 Å². The molecule has 1 nitrogen and oxygen atoms in total. The predicted octanol–water partition coefficient (Wildman–Crippen LogP) is 3.74. The zero-order valence-corrected chi connectivity index (χ0v) is 10.6. The van der Waals surface area contributed by atoms with E-state index in [2.05, 4.69) is 27.7 Å². The number of hydrogen-bond donors (Lipinski definition) is 0. The van der Waals surface area contributed by atoms with Crippen molar-refractivity contribution in [3.63, 3.8) is 0 Å². The van der Waals surface area contributed by atoms with Crippen LogP contribution in [0.5, 0.6) is 0 Å². The third kappa shape index (κ3) is 1.66. The summed E-state index contributed by atoms with van der Waals surface area (Å²) in [6, 6.07) is 0. The van der Waals surface area contributed by atoms with Crippen molar-refractivity contribution in [2.24, 2.45) is 16.7 Å². The molecule has 0 aromatic heterocycles. The first-order chi connectivity index (χ1) is 6.73. The summed E-state index contributed by atoms with van der Waals surface area (Å²) in [5, 5.41) is 0. The number of fused-ring (bicyclic) bond motifs is 1. The van der Waals surface area contributed by atoms with Crippen LogP contribution in [0.1, 0.15) is 53.9 Å². The second-order valence-corrected chi connectivity index (χ2v) is 6.81. The molecule has 1 saturated carbocycles. The lowest BCUT2D eigenvalue weighted by Crippen LogP contribution is -2.32. The highest BCUT2D eigenvalue weighted by molar-refractivity contribution is 6.00. The predicted molar refractivity (Wildman–Crippen MR) is 62.6 cm³/mol. The number of Topliss-reactive ketones (excluding diaryl/α,β-unsaturated/α-hetero) is 1. The maximum Gasteiger partial charge on any atom is 0.164 e. The van der Waals surface area contributed by atoms with Gasteiger partial charge >= 0.3 is 0 Å². The maximum atomic E-state index is 12.1. The van der Waals surface area contributed by atoms with E-state index in [0.29, 0.717) is 17.1 Å². The number of ketones is 1. The number of carbonyl (C=O) groups excluding carboxylic acids is 1. The Balaban J connectivity index is 2.42. The Morgan fingerprint density at radius 1 is 1.13 bits per heavy atom. The van der Waals surface area contributed by atoms with Gasteiger partial charge in [-0.1, -0.05) is 33.3 Å². The van der Waals surface area contributed by atoms with E-state index in [4.69, 9.17) is 0 Å². The topological polar surface area (TPSA) is 17.1 Å². The molecule has 0 N–H and O–H groups in total. The minimum atomic E-state index is -0.126. The standard InChI is InChI=1S/C14H22O/c1-9-11-8-13(2,3)6-10(11)7-14(4,5)12(9)15/h10H,6-8H2,1-5H3. The van der Waals surface area contributed by atoms with E-state index in [9.17, 15) is 4.79 Å². The van der Waals surface area contributed by atoms with Crippen molar-refractivity contribution in [1.82, 2.24) is 0 Å². The molecular weight excluding hydrogens is 184 g/mol. The molecular formula is C14H22O. The highest BCUT2D eigenvalue weighted by Gasteiger charge is 2.45. The van der Waals surface area contributed by atoms with Crippen LogP contribution in [0.15, 0.2) is 11.1 Å². The first kappa shape index (κ1) is 10.9. The molecule has 1 unspecified atom stereocenters. The number of rotatable bonds is 0. The van der Waals surface area contributed by atoms with Gasteiger partial charge in [0.2, 0.25) is 0 Å². The summed E-state index contributed by atoms with van der Waals surface area (Å²) in [7, 11) is 0. The van der Waals surface area contributed by atoms with E-state index >= 15 is 0 Å². The van der Waals surface area contributed by atoms with Gasteiger partial charge in [0, 0.05) is 5.41 Å². The fraction of sp³-hybridized carbons (Fsp3) is 0.786. The SMILES string of the molecule is CC1=C2CC(C)(C)CC2CC(C)(C)C1=O. The molecule has 0 amide bonds. The molecule has 15 heavy (non-hydrogen) atoms. The molecule has 2 rings (SSSR count). The molecule has 0 aromatic carbocycles. The molecule has 1 fully saturated rings. The van der Waals surface area contributed by atoms with Gasteiger partial charge in [0.15, 0.2) is 5.78 Å². The monoisotopic (exact) mass is 206 g/mol. The normalized spacial score (nSPS) is 33.1. The smallest absolute Gasteiger partial charge is 0.164 e. The lowest BCUT2D eigenvalue weighted by molar-refractivity contribution is -0.124. The third-order valence-corrected chi connectivity index (χ3v) is 4.15. The Morgan fingerprint density at radius 3 is 2.33 bits per heavy atom. The highest BCUT2D eigenvalue weighted by atomic mass is 16.1. The van der Waals surface area contributed by atoms with Crippen molar-refractivity contribution in [1.29, 1.82) is 0 Å². The van der Waals surface area contributed by atoms with Crippen LogP contribution in [0.25, 0.3) is 0 Å². The van der Waals surface area contributed by atoms with Gasteiger partial charge in [-0.2, -0.15) is 0 Å². The quantitative estimate of drug-likeness (QED) is 0.590. The van der Waals surface area contributed by atoms with Gasteiger partial charge in [-0.25, -0.2) is 0 Å². The Bertz CT molecular complexity index is 344. The lowest BCUT2D eigenvalue weighted by atomic mass is 9.69. The van der Waals surface area contributed by atoms with Crippen LogP contribution in [0.2, 0.25) is 0 Å². The van der Waals surface area contributed by atoms with Crippen molar-refractivity contribution in [2.45, 2.75) is 53.9 Å². The molecule has 1 heteroatoms. The van der Waals surface area contributed by atoms with Crippen LogP contribution >= 0.6 is 0 Å². The first-order valence-electron chi connectivity index (χ1n) is 5.97. The van der Waals surface area contributed by atoms with Gasteiger partial charge in [-0.15, -0.1) is 0 Å². The zero-order chi connectivity index (χ0) is 11.4. The molecule has 0 saturated heterocycles. The summed E-state index contributed by atoms with van der Waals surface area (Å²) < 4.78 is 0. The highest BCUT2D eigenvalue weighted by Crippen LogP contribution is 2.53. The summed E-state index contributed by atoms with van der Waals surface area (Å²) >= 11 is 0. The van der Waals surface area contributed by atoms with Crippen molar-refractivity contribution in [3.8, 4) is 0 Å². The van der Waals surface area contributed by atoms with Crippen molar-refractivity contribution < 1.29 is 4.79 Å². The molecule has 0 aliphatic heterocycles. The van der Waals surface area contributed by atoms with Gasteiger partial charge in [0.25, 0.3) is 0 Å². The first-order valence-corrected chi connectivity index (χ1v) is 5.97. The van der Waals surface area contributed by atoms with Crippen molar-refractivity contribution in [3.05, 3.63) is 11.1 Å². The van der Waals surface area contributed by atoms with Crippen LogP contribution in [-0.2, 0) is 4.79 Å². The fourth-order valence-electron chi connectivity index (χ4n) is 3.52. The molecule has 84 valence electrons. The summed E-state index contributed by atoms with van der Waals surface area (Å²) in [5.41, 5.74) is 2.81. The lowest BCUT2D eigenvalue weighted by Gasteiger charge is -2.33. The van der Waals surface area contributed by atoms with Gasteiger partial charge in [0.1, 0.15) is 0 Å². The van der Waals surface area contributed by atoms with Crippen LogP contribution in [0, 0.1) is 16.7 Å². The number of carbonyl (C=O) groups is 1. The zero-order valence-electron chi connectivity index (χ0n) is 10.6. The third-order valence-electron chi connectivity index (χ3n) is 4.15. The molecule has 0 radical (unpaired) electrons. The molecule has 0 spiro atoms. The summed E-state index contributed by atoms with van der Waals surface area (Å²) in [5.74, 6) is 1.05. The van der Waals surface area contributed by atoms with E-state index in [1.807, 2.05) is 6.92 Å². The summed E-state index contributed by atoms with van der Waals surface area (Å²) in [6.45, 7) is 10.9. The average Bonchev–Trinajstić information content (AvgIpc) is 2.36. The Labute approximate surface area is 92.9 Å². The Hall–Kier alpha value is -0.590. The Morgan fingerprint density at radius 2 is 1.73 bits per heavy atom. The average molecular weight is 206 g/mol. The molecule has 2 aliphatic rings. The molecule has 1 atom stereocenters. The van der Waals surface area contributed by atoms with E-state index in [0.717, 1.165) is 18.4 Å². The second-order valence-electron chi connectivity index (χ2n) is 6.81. The number of allylic oxidation sites excluding steroid dienone is 2. The molecule has 2 aliphatic carbocycles. The van der Waals surface area contributed by atoms with Crippen LogP contribution < -0.4 is 0 Å². The van der Waals surface area contributed by atoms with Gasteiger partial charge in [-0.3, -0.25) is 4.79 Å². The summed E-state index contributed by atoms with van der Waals surface area (Å²) in [6.07, 6.45) is 3.45. The fourth-order valence-corrected chi connectivity index (χ4v) is 3.52. The van der Waals surface area contributed by atoms with Crippen LogP contribution in [0.4, 0.5) is 0 Å². The maximum absolute atomic E-state index is 12.1. The van der Waals surface area contributed by atoms with E-state index in [-0.39, 0.29) is 5.41 Å². The van der Waals surface area contributed by atoms with E-state index < -0.39 is 0 Å². The van der Waals surface area contributed by atoms with E-state index in [1.165, 1.54) is 12.0 Å². The molecule has 0 bridgehead atoms. The minimum Gasteiger partial charge on any atom is -0.294 e. The summed E-state index contributed by atoms with van der Waals surface area (Å²) in [4.78, 5) is 12.1. The van der Waals surface area contributed by atoms with Gasteiger partial charge in [0.05, 0.1) is 0 Å².